The maximum absolute atomic E-state index is 15.5. The molecule has 25 N–H and O–H groups in total. The molecule has 3 aromatic carbocycles. The fraction of sp³-hybridized carbons (Fsp3) is 0.537. The molecule has 6 heterocycles. The van der Waals surface area contributed by atoms with Crippen LogP contribution < -0.4 is 76.1 Å². The van der Waals surface area contributed by atoms with Crippen LogP contribution in [-0.2, 0) is 94.6 Å². The highest BCUT2D eigenvalue weighted by atomic mass is 32.1. The van der Waals surface area contributed by atoms with E-state index in [2.05, 4.69) is 53.2 Å². The molecule has 0 bridgehead atoms. The van der Waals surface area contributed by atoms with Crippen molar-refractivity contribution in [1.82, 2.24) is 77.7 Å². The molecule has 1 saturated carbocycles. The molecule has 5 fully saturated rings. The minimum absolute atomic E-state index is 0.0146. The van der Waals surface area contributed by atoms with Gasteiger partial charge in [0.05, 0.1) is 25.3 Å². The molecule has 10 rings (SSSR count). The zero-order valence-electron chi connectivity index (χ0n) is 68.0. The van der Waals surface area contributed by atoms with Crippen LogP contribution in [0.5, 0.6) is 5.75 Å². The van der Waals surface area contributed by atoms with E-state index in [1.54, 1.807) is 78.2 Å². The van der Waals surface area contributed by atoms with E-state index in [-0.39, 0.29) is 172 Å². The van der Waals surface area contributed by atoms with Crippen molar-refractivity contribution in [1.29, 1.82) is 16.2 Å². The molecule has 0 radical (unpaired) electrons. The summed E-state index contributed by atoms with van der Waals surface area (Å²) in [6.07, 6.45) is 2.60. The van der Waals surface area contributed by atoms with Crippen molar-refractivity contribution < 1.29 is 82.8 Å². The van der Waals surface area contributed by atoms with Gasteiger partial charge in [-0.15, -0.1) is 11.3 Å². The Balaban J connectivity index is 0.802. The fourth-order valence-electron chi connectivity index (χ4n) is 17.2. The zero-order valence-corrected chi connectivity index (χ0v) is 68.8. The van der Waals surface area contributed by atoms with Gasteiger partial charge in [0.1, 0.15) is 72.2 Å². The zero-order chi connectivity index (χ0) is 87.8. The SMILES string of the molecule is N=C(N)NCCC[C@H](NC(=O)C1CC2CCCCC2N1C(=O)[C@H]1Cc2ccccc2CN1C(=O)[C@H](CO)NC(=O)C(Cc1cccs1)NC(=O)CNC(=O)C1CC(O)CN1C(=O)[C@@H]1CCCN1C(=O)[C@H](CCCNC(=N)N)NC(=O)[C@@H](CCCNC(=N)N)NC(=O)[C@H](Cc1ccccc1)NC(=O)[C@@H]1CCCN1C(=O)[C@@H](N)Cc1ccc(O)cc1)C(=O)O. The molecule has 6 aliphatic rings. The number of benzene rings is 3. The summed E-state index contributed by atoms with van der Waals surface area (Å²) in [6.45, 7) is -1.82. The van der Waals surface area contributed by atoms with Gasteiger partial charge in [-0.05, 0) is 142 Å². The topological polar surface area (TPSA) is 615 Å². The van der Waals surface area contributed by atoms with Gasteiger partial charge in [0.2, 0.25) is 70.9 Å². The predicted octanol–water partition coefficient (Wildman–Crippen LogP) is -3.24. The Hall–Kier alpha value is -12.0. The average molecular weight is 1710 g/mol. The highest BCUT2D eigenvalue weighted by Gasteiger charge is 2.53. The molecule has 6 unspecified atom stereocenters. The lowest BCUT2D eigenvalue weighted by Crippen LogP contribution is -2.63. The number of hydrogen-bond acceptors (Lipinski definition) is 21. The lowest BCUT2D eigenvalue weighted by molar-refractivity contribution is -0.153. The summed E-state index contributed by atoms with van der Waals surface area (Å²) in [7, 11) is 0. The third kappa shape index (κ3) is 24.8. The van der Waals surface area contributed by atoms with Crippen LogP contribution in [0.4, 0.5) is 0 Å². The molecule has 4 aromatic rings. The van der Waals surface area contributed by atoms with Gasteiger partial charge >= 0.3 is 5.97 Å². The molecular weight excluding hydrogens is 1600 g/mol. The van der Waals surface area contributed by atoms with E-state index >= 15 is 19.2 Å². The Labute approximate surface area is 709 Å². The molecule has 40 heteroatoms. The second-order valence-electron chi connectivity index (χ2n) is 31.9. The van der Waals surface area contributed by atoms with Crippen molar-refractivity contribution in [2.24, 2.45) is 28.9 Å². The van der Waals surface area contributed by atoms with Crippen molar-refractivity contribution >= 4 is 106 Å². The number of aromatic hydroxyl groups is 1. The van der Waals surface area contributed by atoms with Crippen molar-refractivity contribution in [3.63, 3.8) is 0 Å². The number of hydrogen-bond donors (Lipinski definition) is 21. The average Bonchev–Trinajstić information content (AvgIpc) is 1.55. The maximum Gasteiger partial charge on any atom is 0.326 e. The van der Waals surface area contributed by atoms with Gasteiger partial charge in [0.25, 0.3) is 0 Å². The Kier molecular flexibility index (Phi) is 33.2. The molecule has 660 valence electrons. The highest BCUT2D eigenvalue weighted by molar-refractivity contribution is 7.09. The van der Waals surface area contributed by atoms with Crippen molar-refractivity contribution in [2.75, 3.05) is 52.4 Å². The summed E-state index contributed by atoms with van der Waals surface area (Å²) >= 11 is 1.24. The number of amides is 12. The van der Waals surface area contributed by atoms with Gasteiger partial charge in [-0.25, -0.2) is 4.79 Å². The second kappa shape index (κ2) is 44.0. The number of nitrogens with two attached hydrogens (primary N) is 4. The Morgan fingerprint density at radius 1 is 0.492 bits per heavy atom. The number of aliphatic carboxylic acids is 1. The van der Waals surface area contributed by atoms with Gasteiger partial charge in [-0.1, -0.05) is 85.6 Å². The van der Waals surface area contributed by atoms with Crippen LogP contribution in [0.15, 0.2) is 96.4 Å². The van der Waals surface area contributed by atoms with E-state index in [1.807, 2.05) is 6.07 Å². The van der Waals surface area contributed by atoms with E-state index < -0.39 is 175 Å². The fourth-order valence-corrected chi connectivity index (χ4v) is 17.9. The normalized spacial score (nSPS) is 21.4. The third-order valence-corrected chi connectivity index (χ3v) is 24.2. The largest absolute Gasteiger partial charge is 0.508 e. The summed E-state index contributed by atoms with van der Waals surface area (Å²) in [6, 6.07) is 9.13. The van der Waals surface area contributed by atoms with Crippen molar-refractivity contribution in [3.8, 4) is 5.75 Å². The van der Waals surface area contributed by atoms with E-state index in [0.29, 0.717) is 40.8 Å². The van der Waals surface area contributed by atoms with Gasteiger partial charge in [-0.2, -0.15) is 0 Å². The predicted molar refractivity (Wildman–Crippen MR) is 446 cm³/mol. The summed E-state index contributed by atoms with van der Waals surface area (Å²) in [5.74, 6) is -11.7. The summed E-state index contributed by atoms with van der Waals surface area (Å²) in [5, 5.41) is 93.7. The molecule has 15 atom stereocenters. The van der Waals surface area contributed by atoms with Gasteiger partial charge < -0.3 is 121 Å². The van der Waals surface area contributed by atoms with Crippen LogP contribution in [0.3, 0.4) is 0 Å². The van der Waals surface area contributed by atoms with Crippen LogP contribution in [0.1, 0.15) is 130 Å². The minimum atomic E-state index is -1.71. The first-order chi connectivity index (χ1) is 58.5. The quantitative estimate of drug-likeness (QED) is 0.0119. The van der Waals surface area contributed by atoms with Crippen LogP contribution in [0.2, 0.25) is 0 Å². The number of aliphatic hydroxyl groups is 2. The first-order valence-electron chi connectivity index (χ1n) is 41.5. The molecule has 1 aliphatic carbocycles. The van der Waals surface area contributed by atoms with Gasteiger partial charge in [0, 0.05) is 82.4 Å². The number of carbonyl (C=O) groups excluding carboxylic acids is 12. The first-order valence-corrected chi connectivity index (χ1v) is 42.4. The number of phenols is 1. The van der Waals surface area contributed by atoms with Crippen LogP contribution in [0, 0.1) is 22.1 Å². The number of nitrogens with zero attached hydrogens (tertiary/aromatic N) is 5. The number of rotatable bonds is 39. The molecular formula is C82H114N22O17S. The Morgan fingerprint density at radius 2 is 1.04 bits per heavy atom. The third-order valence-electron chi connectivity index (χ3n) is 23.3. The number of nitrogens with one attached hydrogen (secondary N) is 13. The molecule has 122 heavy (non-hydrogen) atoms. The number of aliphatic hydroxyl groups excluding tert-OH is 2. The molecule has 5 aliphatic heterocycles. The molecule has 12 amide bonds. The Bertz CT molecular complexity index is 4410. The molecule has 4 saturated heterocycles. The number of fused-ring (bicyclic) bond motifs is 2. The number of carboxylic acid groups (broad SMARTS) is 1. The smallest absolute Gasteiger partial charge is 0.326 e. The van der Waals surface area contributed by atoms with Crippen LogP contribution >= 0.6 is 11.3 Å². The number of carboxylic acids is 1. The molecule has 1 aromatic heterocycles. The van der Waals surface area contributed by atoms with Crippen molar-refractivity contribution in [3.05, 3.63) is 124 Å². The van der Waals surface area contributed by atoms with Crippen molar-refractivity contribution in [2.45, 2.75) is 220 Å². The summed E-state index contributed by atoms with van der Waals surface area (Å²) in [4.78, 5) is 196. The lowest BCUT2D eigenvalue weighted by Gasteiger charge is -2.42. The number of guanidine groups is 3. The number of likely N-dealkylation sites (tertiary alicyclic amines) is 4. The summed E-state index contributed by atoms with van der Waals surface area (Å²) in [5.41, 5.74) is 25.7. The highest BCUT2D eigenvalue weighted by Crippen LogP contribution is 2.42. The standard InChI is InChI=1S/C82H114N22O17S/c83-54(36-47-26-28-51(106)29-27-47)74(115)100-33-11-24-62(100)72(113)98-58(37-46-14-2-1-3-15-46)69(110)95-55(20-8-30-90-80(84)85)68(109)96-56(21-9-31-91-81(86)87)75(116)101-34-12-25-63(101)77(118)103-44-52(107)40-64(103)71(112)93-42-67(108)94-59(41-53-19-13-35-122-53)70(111)99-60(45-105)76(117)102-43-50-18-5-4-16-48(50)38-66(102)78(119)104-61-23-7-6-17-49(61)39-65(104)73(114)97-57(79(120)121)22-10-32-92-82(88)89/h1-5,13-16,18-19,26-29,35,49,52,54-66,105-107H,6-12,17,20-25,30-34,36-45,83H2,(H,93,112)(H,94,108)(H,95,110)(H,96,109)(H,97,114)(H,98,113)(H,99,111)(H,120,121)(H4,84,85,90)(H4,86,87,91)(H4,88,89,92)/t49?,52?,54-,55+,56-,57-,58-,59?,60-,61?,62-,63-,64?,65?,66+/m0/s1. The number of β-amino-alcohol motifs (C(OH)–C–C–N with tert-alkyl or cyclic N) is 1. The van der Waals surface area contributed by atoms with Gasteiger partial charge in [-0.3, -0.25) is 73.8 Å². The molecule has 0 spiro atoms. The van der Waals surface area contributed by atoms with E-state index in [1.165, 1.54) is 43.1 Å². The van der Waals surface area contributed by atoms with E-state index in [4.69, 9.17) is 39.2 Å². The number of phenolic OH excluding ortho intramolecular Hbond substituents is 1. The first kappa shape index (κ1) is 92.3. The van der Waals surface area contributed by atoms with E-state index in [9.17, 15) is 63.6 Å². The molecule has 39 nitrogen and oxygen atoms in total. The monoisotopic (exact) mass is 1710 g/mol. The number of thiophene rings is 1. The lowest BCUT2D eigenvalue weighted by atomic mass is 9.84. The maximum atomic E-state index is 15.5. The Morgan fingerprint density at radius 3 is 1.67 bits per heavy atom. The van der Waals surface area contributed by atoms with E-state index in [0.717, 1.165) is 23.3 Å². The number of carbonyl (C=O) groups is 13. The van der Waals surface area contributed by atoms with Crippen LogP contribution in [-0.4, -0.2) is 277 Å². The minimum Gasteiger partial charge on any atom is -0.508 e. The van der Waals surface area contributed by atoms with Gasteiger partial charge in [0.15, 0.2) is 17.9 Å². The van der Waals surface area contributed by atoms with Crippen LogP contribution in [0.25, 0.3) is 0 Å². The summed E-state index contributed by atoms with van der Waals surface area (Å²) < 4.78 is 0. The second-order valence-corrected chi connectivity index (χ2v) is 32.9.